The van der Waals surface area contributed by atoms with Gasteiger partial charge in [-0.15, -0.1) is 0 Å². The van der Waals surface area contributed by atoms with E-state index in [4.69, 9.17) is 13.8 Å². The lowest BCUT2D eigenvalue weighted by molar-refractivity contribution is -0.384. The molecule has 10 heteroatoms. The van der Waals surface area contributed by atoms with Gasteiger partial charge in [-0.1, -0.05) is 48.5 Å². The van der Waals surface area contributed by atoms with Crippen LogP contribution in [0, 0.1) is 10.1 Å². The molecule has 1 unspecified atom stereocenters. The van der Waals surface area contributed by atoms with E-state index in [2.05, 4.69) is 5.09 Å². The van der Waals surface area contributed by atoms with E-state index in [1.165, 1.54) is 25.1 Å². The fourth-order valence-electron chi connectivity index (χ4n) is 3.51. The van der Waals surface area contributed by atoms with Crippen molar-refractivity contribution in [2.45, 2.75) is 32.4 Å². The number of ether oxygens (including phenoxy) is 1. The molecule has 0 aliphatic carbocycles. The van der Waals surface area contributed by atoms with Gasteiger partial charge in [0.25, 0.3) is 5.69 Å². The molecule has 1 aliphatic rings. The van der Waals surface area contributed by atoms with Crippen molar-refractivity contribution < 1.29 is 28.1 Å². The number of nitro benzene ring substituents is 1. The first-order valence-electron chi connectivity index (χ1n) is 10.7. The summed E-state index contributed by atoms with van der Waals surface area (Å²) < 4.78 is 30.7. The normalized spacial score (nSPS) is 17.9. The van der Waals surface area contributed by atoms with E-state index >= 15 is 0 Å². The van der Waals surface area contributed by atoms with E-state index in [-0.39, 0.29) is 18.0 Å². The van der Waals surface area contributed by atoms with Crippen molar-refractivity contribution in [3.05, 3.63) is 99.6 Å². The lowest BCUT2D eigenvalue weighted by Crippen LogP contribution is -2.35. The Balaban J connectivity index is 1.59. The summed E-state index contributed by atoms with van der Waals surface area (Å²) in [5.41, 5.74) is 1.98. The van der Waals surface area contributed by atoms with Gasteiger partial charge in [0, 0.05) is 17.7 Å². The van der Waals surface area contributed by atoms with E-state index in [0.29, 0.717) is 24.2 Å². The quantitative estimate of drug-likeness (QED) is 0.226. The van der Waals surface area contributed by atoms with Gasteiger partial charge in [0.15, 0.2) is 0 Å². The van der Waals surface area contributed by atoms with E-state index in [1.54, 1.807) is 12.1 Å². The highest BCUT2D eigenvalue weighted by Gasteiger charge is 2.36. The van der Waals surface area contributed by atoms with Gasteiger partial charge < -0.3 is 13.8 Å². The minimum absolute atomic E-state index is 0.0625. The number of esters is 1. The first-order valence-corrected chi connectivity index (χ1v) is 12.2. The number of carbonyl (C=O) groups excluding carboxylic acids is 1. The van der Waals surface area contributed by atoms with Gasteiger partial charge in [0.2, 0.25) is 0 Å². The summed E-state index contributed by atoms with van der Waals surface area (Å²) >= 11 is 0. The van der Waals surface area contributed by atoms with Crippen LogP contribution in [0.5, 0.6) is 11.5 Å². The number of non-ortho nitro benzene ring substituents is 1. The highest BCUT2D eigenvalue weighted by Crippen LogP contribution is 2.48. The lowest BCUT2D eigenvalue weighted by Gasteiger charge is -2.23. The minimum Gasteiger partial charge on any atom is -0.460 e. The topological polar surface area (TPSA) is 117 Å². The van der Waals surface area contributed by atoms with Crippen LogP contribution in [0.2, 0.25) is 0 Å². The molecule has 4 rings (SSSR count). The molecular weight excluding hydrogens is 459 g/mol. The number of carbonyl (C=O) groups is 1. The molecule has 2 atom stereocenters. The van der Waals surface area contributed by atoms with E-state index in [0.717, 1.165) is 11.1 Å². The van der Waals surface area contributed by atoms with Crippen LogP contribution in [0.1, 0.15) is 23.6 Å². The zero-order valence-corrected chi connectivity index (χ0v) is 19.3. The summed E-state index contributed by atoms with van der Waals surface area (Å²) in [6.07, 6.45) is 0.897. The van der Waals surface area contributed by atoms with Crippen LogP contribution in [0.25, 0.3) is 0 Å². The Labute approximate surface area is 196 Å². The van der Waals surface area contributed by atoms with Crippen LogP contribution in [0.4, 0.5) is 5.69 Å². The number of para-hydroxylation sites is 1. The van der Waals surface area contributed by atoms with Crippen molar-refractivity contribution in [1.29, 1.82) is 0 Å². The Morgan fingerprint density at radius 3 is 2.41 bits per heavy atom. The Bertz CT molecular complexity index is 1250. The van der Waals surface area contributed by atoms with E-state index in [1.807, 2.05) is 42.5 Å². The third-order valence-corrected chi connectivity index (χ3v) is 6.84. The van der Waals surface area contributed by atoms with Crippen LogP contribution in [-0.4, -0.2) is 16.9 Å². The second-order valence-electron chi connectivity index (χ2n) is 7.78. The van der Waals surface area contributed by atoms with Gasteiger partial charge in [-0.25, -0.2) is 4.57 Å². The zero-order chi connectivity index (χ0) is 24.1. The number of rotatable bonds is 6. The van der Waals surface area contributed by atoms with Gasteiger partial charge in [-0.05, 0) is 43.0 Å². The maximum Gasteiger partial charge on any atom is 0.513 e. The van der Waals surface area contributed by atoms with Crippen LogP contribution in [0.15, 0.2) is 72.8 Å². The lowest BCUT2D eigenvalue weighted by atomic mass is 10.0. The number of hydrogen-bond acceptors (Lipinski definition) is 7. The van der Waals surface area contributed by atoms with Crippen molar-refractivity contribution in [2.75, 3.05) is 0 Å². The summed E-state index contributed by atoms with van der Waals surface area (Å²) in [7, 11) is -4.14. The van der Waals surface area contributed by atoms with Gasteiger partial charge in [-0.3, -0.25) is 14.9 Å². The SMILES string of the molecule is C[C@H](NP1(=O)Oc2ccccc2CCc2cc([N+](=O)[O-])ccc2O1)C(=O)OCc1ccccc1. The molecule has 176 valence electrons. The predicted molar refractivity (Wildman–Crippen MR) is 125 cm³/mol. The monoisotopic (exact) mass is 482 g/mol. The molecule has 0 amide bonds. The number of nitrogens with one attached hydrogen (secondary N) is 1. The fraction of sp³-hybridized carbons (Fsp3) is 0.208. The average Bonchev–Trinajstić information content (AvgIpc) is 2.88. The largest absolute Gasteiger partial charge is 0.513 e. The molecule has 3 aromatic rings. The summed E-state index contributed by atoms with van der Waals surface area (Å²) in [6, 6.07) is 19.2. The molecule has 0 saturated carbocycles. The second kappa shape index (κ2) is 10.1. The molecular formula is C24H23N2O7P. The highest BCUT2D eigenvalue weighted by molar-refractivity contribution is 7.52. The molecule has 0 saturated heterocycles. The van der Waals surface area contributed by atoms with Gasteiger partial charge in [0.1, 0.15) is 24.1 Å². The molecule has 0 spiro atoms. The summed E-state index contributed by atoms with van der Waals surface area (Å²) in [5, 5.41) is 13.9. The molecule has 34 heavy (non-hydrogen) atoms. The molecule has 1 heterocycles. The first kappa shape index (κ1) is 23.5. The van der Waals surface area contributed by atoms with Crippen molar-refractivity contribution in [3.8, 4) is 11.5 Å². The van der Waals surface area contributed by atoms with Gasteiger partial charge in [0.05, 0.1) is 4.92 Å². The smallest absolute Gasteiger partial charge is 0.460 e. The number of nitro groups is 1. The zero-order valence-electron chi connectivity index (χ0n) is 18.4. The van der Waals surface area contributed by atoms with Crippen LogP contribution >= 0.6 is 7.75 Å². The van der Waals surface area contributed by atoms with Crippen LogP contribution in [-0.2, 0) is 33.5 Å². The maximum atomic E-state index is 13.8. The Morgan fingerprint density at radius 2 is 1.68 bits per heavy atom. The number of nitrogens with zero attached hydrogens (tertiary/aromatic N) is 1. The highest BCUT2D eigenvalue weighted by atomic mass is 31.2. The maximum absolute atomic E-state index is 13.8. The fourth-order valence-corrected chi connectivity index (χ4v) is 5.10. The van der Waals surface area contributed by atoms with Gasteiger partial charge >= 0.3 is 13.7 Å². The van der Waals surface area contributed by atoms with Crippen LogP contribution < -0.4 is 14.1 Å². The molecule has 1 N–H and O–H groups in total. The Kier molecular flexibility index (Phi) is 6.95. The molecule has 3 aromatic carbocycles. The molecule has 0 aromatic heterocycles. The average molecular weight is 482 g/mol. The third-order valence-electron chi connectivity index (χ3n) is 5.26. The summed E-state index contributed by atoms with van der Waals surface area (Å²) in [6.45, 7) is 1.56. The van der Waals surface area contributed by atoms with E-state index < -0.39 is 24.7 Å². The Morgan fingerprint density at radius 1 is 1.03 bits per heavy atom. The molecule has 0 fully saturated rings. The third kappa shape index (κ3) is 5.62. The van der Waals surface area contributed by atoms with Crippen molar-refractivity contribution in [1.82, 2.24) is 5.09 Å². The van der Waals surface area contributed by atoms with Crippen molar-refractivity contribution in [3.63, 3.8) is 0 Å². The van der Waals surface area contributed by atoms with Crippen LogP contribution in [0.3, 0.4) is 0 Å². The summed E-state index contributed by atoms with van der Waals surface area (Å²) in [4.78, 5) is 23.3. The molecule has 0 bridgehead atoms. The summed E-state index contributed by atoms with van der Waals surface area (Å²) in [5.74, 6) is -0.118. The predicted octanol–water partition coefficient (Wildman–Crippen LogP) is 4.98. The Hall–Kier alpha value is -3.68. The molecule has 1 aliphatic heterocycles. The molecule has 0 radical (unpaired) electrons. The second-order valence-corrected chi connectivity index (χ2v) is 9.40. The van der Waals surface area contributed by atoms with Crippen molar-refractivity contribution in [2.24, 2.45) is 0 Å². The number of benzene rings is 3. The van der Waals surface area contributed by atoms with Crippen molar-refractivity contribution >= 4 is 19.4 Å². The standard InChI is InChI=1S/C24H23N2O7P/c1-17(24(27)31-16-18-7-3-2-4-8-18)25-34(30)32-22-10-6-5-9-19(22)11-12-20-15-21(26(28)29)13-14-23(20)33-34/h2-10,13-15,17H,11-12,16H2,1H3,(H,25,30)/t17-,34?/m0/s1. The first-order chi connectivity index (χ1) is 16.3. The van der Waals surface area contributed by atoms with Gasteiger partial charge in [-0.2, -0.15) is 5.09 Å². The molecule has 9 nitrogen and oxygen atoms in total. The number of hydrogen-bond donors (Lipinski definition) is 1. The number of fused-ring (bicyclic) bond motifs is 2. The van der Waals surface area contributed by atoms with E-state index in [9.17, 15) is 19.5 Å². The minimum atomic E-state index is -4.14. The number of aryl methyl sites for hydroxylation is 2.